The van der Waals surface area contributed by atoms with Crippen molar-refractivity contribution in [1.82, 2.24) is 0 Å². The molecule has 0 saturated heterocycles. The Bertz CT molecular complexity index is 366. The van der Waals surface area contributed by atoms with Crippen molar-refractivity contribution in [3.05, 3.63) is 35.4 Å². The van der Waals surface area contributed by atoms with Gasteiger partial charge < -0.3 is 0 Å². The monoisotopic (exact) mass is 202 g/mol. The first-order valence-electron chi connectivity index (χ1n) is 5.92. The molecule has 0 radical (unpaired) electrons. The predicted molar refractivity (Wildman–Crippen MR) is 66.3 cm³/mol. The average molecular weight is 202 g/mol. The van der Waals surface area contributed by atoms with Crippen LogP contribution in [0.1, 0.15) is 58.1 Å². The average Bonchev–Trinajstić information content (AvgIpc) is 2.39. The van der Waals surface area contributed by atoms with Crippen molar-refractivity contribution in [2.75, 3.05) is 0 Å². The largest absolute Gasteiger partial charge is 0.0620 e. The van der Waals surface area contributed by atoms with Gasteiger partial charge in [0, 0.05) is 0 Å². The second-order valence-corrected chi connectivity index (χ2v) is 6.59. The fraction of sp³-hybridized carbons (Fsp3) is 0.600. The maximum Gasteiger partial charge on any atom is -0.00947 e. The molecule has 0 N–H and O–H groups in total. The van der Waals surface area contributed by atoms with Crippen molar-refractivity contribution in [2.45, 2.75) is 52.4 Å². The molecule has 1 aliphatic carbocycles. The Kier molecular flexibility index (Phi) is 2.22. The first-order chi connectivity index (χ1) is 6.82. The molecule has 1 aromatic carbocycles. The van der Waals surface area contributed by atoms with E-state index in [1.54, 1.807) is 11.1 Å². The molecule has 0 saturated carbocycles. The van der Waals surface area contributed by atoms with Crippen molar-refractivity contribution in [3.8, 4) is 0 Å². The quantitative estimate of drug-likeness (QED) is 0.581. The highest BCUT2D eigenvalue weighted by atomic mass is 14.4. The molecule has 0 aromatic heterocycles. The van der Waals surface area contributed by atoms with Crippen LogP contribution in [0.15, 0.2) is 24.3 Å². The summed E-state index contributed by atoms with van der Waals surface area (Å²) in [5.41, 5.74) is 3.87. The third kappa shape index (κ3) is 1.71. The Balaban J connectivity index is 2.52. The molecular weight excluding hydrogens is 180 g/mol. The van der Waals surface area contributed by atoms with E-state index in [0.717, 1.165) is 0 Å². The van der Waals surface area contributed by atoms with Crippen molar-refractivity contribution >= 4 is 0 Å². The third-order valence-electron chi connectivity index (χ3n) is 3.83. The van der Waals surface area contributed by atoms with Crippen molar-refractivity contribution in [2.24, 2.45) is 5.41 Å². The van der Waals surface area contributed by atoms with Crippen LogP contribution in [0.5, 0.6) is 0 Å². The predicted octanol–water partition coefficient (Wildman–Crippen LogP) is 4.50. The summed E-state index contributed by atoms with van der Waals surface area (Å²) >= 11 is 0. The molecular formula is C15H22. The van der Waals surface area contributed by atoms with Gasteiger partial charge >= 0.3 is 0 Å². The highest BCUT2D eigenvalue weighted by Crippen LogP contribution is 2.52. The van der Waals surface area contributed by atoms with Crippen LogP contribution < -0.4 is 0 Å². The van der Waals surface area contributed by atoms with Gasteiger partial charge in [0.2, 0.25) is 0 Å². The van der Waals surface area contributed by atoms with Crippen molar-refractivity contribution in [1.29, 1.82) is 0 Å². The zero-order valence-corrected chi connectivity index (χ0v) is 10.6. The molecule has 0 amide bonds. The van der Waals surface area contributed by atoms with E-state index in [9.17, 15) is 0 Å². The van der Waals surface area contributed by atoms with Crippen LogP contribution in [0.2, 0.25) is 0 Å². The topological polar surface area (TPSA) is 0 Å². The Morgan fingerprint density at radius 1 is 1.13 bits per heavy atom. The number of fused-ring (bicyclic) bond motifs is 1. The zero-order chi connectivity index (χ0) is 11.3. The van der Waals surface area contributed by atoms with Crippen LogP contribution in [0.3, 0.4) is 0 Å². The fourth-order valence-electron chi connectivity index (χ4n) is 2.92. The minimum absolute atomic E-state index is 0.356. The van der Waals surface area contributed by atoms with Gasteiger partial charge in [0.1, 0.15) is 0 Å². The van der Waals surface area contributed by atoms with Crippen LogP contribution in [0, 0.1) is 5.41 Å². The molecule has 1 aromatic rings. The van der Waals surface area contributed by atoms with Gasteiger partial charge in [-0.15, -0.1) is 0 Å². The lowest BCUT2D eigenvalue weighted by Crippen LogP contribution is -2.19. The summed E-state index contributed by atoms with van der Waals surface area (Å²) in [5.74, 6) is 0.712. The Hall–Kier alpha value is -0.780. The van der Waals surface area contributed by atoms with Crippen LogP contribution in [0.4, 0.5) is 0 Å². The number of benzene rings is 1. The normalized spacial score (nSPS) is 23.9. The molecule has 1 aliphatic rings. The van der Waals surface area contributed by atoms with E-state index >= 15 is 0 Å². The summed E-state index contributed by atoms with van der Waals surface area (Å²) in [5, 5.41) is 0. The summed E-state index contributed by atoms with van der Waals surface area (Å²) < 4.78 is 0. The van der Waals surface area contributed by atoms with E-state index < -0.39 is 0 Å². The summed E-state index contributed by atoms with van der Waals surface area (Å²) in [4.78, 5) is 0. The van der Waals surface area contributed by atoms with Gasteiger partial charge in [-0.3, -0.25) is 0 Å². The van der Waals surface area contributed by atoms with E-state index in [0.29, 0.717) is 16.7 Å². The molecule has 0 fully saturated rings. The molecule has 2 rings (SSSR count). The summed E-state index contributed by atoms with van der Waals surface area (Å²) in [6, 6.07) is 8.98. The molecule has 82 valence electrons. The first kappa shape index (κ1) is 10.7. The van der Waals surface area contributed by atoms with E-state index in [1.165, 1.54) is 6.42 Å². The lowest BCUT2D eigenvalue weighted by atomic mass is 9.75. The lowest BCUT2D eigenvalue weighted by molar-refractivity contribution is 0.289. The van der Waals surface area contributed by atoms with Crippen LogP contribution in [-0.2, 0) is 5.41 Å². The smallest absolute Gasteiger partial charge is 0.00947 e. The van der Waals surface area contributed by atoms with Crippen LogP contribution in [0.25, 0.3) is 0 Å². The van der Waals surface area contributed by atoms with Gasteiger partial charge in [0.05, 0.1) is 0 Å². The second-order valence-electron chi connectivity index (χ2n) is 6.59. The molecule has 15 heavy (non-hydrogen) atoms. The summed E-state index contributed by atoms with van der Waals surface area (Å²) in [6.07, 6.45) is 1.29. The highest BCUT2D eigenvalue weighted by molar-refractivity contribution is 5.42. The van der Waals surface area contributed by atoms with Gasteiger partial charge in [0.25, 0.3) is 0 Å². The minimum Gasteiger partial charge on any atom is -0.0620 e. The lowest BCUT2D eigenvalue weighted by Gasteiger charge is -2.29. The van der Waals surface area contributed by atoms with Crippen LogP contribution >= 0.6 is 0 Å². The molecule has 1 atom stereocenters. The number of rotatable bonds is 0. The molecule has 0 nitrogen and oxygen atoms in total. The number of hydrogen-bond donors (Lipinski definition) is 0. The molecule has 0 heterocycles. The molecule has 1 unspecified atom stereocenters. The van der Waals surface area contributed by atoms with Gasteiger partial charge in [-0.2, -0.15) is 0 Å². The SMILES string of the molecule is CC1(C)CC(C(C)(C)C)c2ccccc21. The minimum atomic E-state index is 0.356. The zero-order valence-electron chi connectivity index (χ0n) is 10.6. The van der Waals surface area contributed by atoms with E-state index in [2.05, 4.69) is 58.9 Å². The number of hydrogen-bond acceptors (Lipinski definition) is 0. The Morgan fingerprint density at radius 3 is 2.33 bits per heavy atom. The second kappa shape index (κ2) is 3.10. The maximum atomic E-state index is 2.37. The van der Waals surface area contributed by atoms with Gasteiger partial charge in [-0.25, -0.2) is 0 Å². The van der Waals surface area contributed by atoms with Crippen LogP contribution in [-0.4, -0.2) is 0 Å². The fourth-order valence-corrected chi connectivity index (χ4v) is 2.92. The standard InChI is InChI=1S/C15H22/c1-14(2,3)13-10-15(4,5)12-9-7-6-8-11(12)13/h6-9,13H,10H2,1-5H3. The first-order valence-corrected chi connectivity index (χ1v) is 5.92. The van der Waals surface area contributed by atoms with Gasteiger partial charge in [0.15, 0.2) is 0 Å². The van der Waals surface area contributed by atoms with Gasteiger partial charge in [-0.05, 0) is 34.3 Å². The van der Waals surface area contributed by atoms with Crippen molar-refractivity contribution < 1.29 is 0 Å². The molecule has 0 heteroatoms. The molecule has 0 bridgehead atoms. The van der Waals surface area contributed by atoms with Crippen molar-refractivity contribution in [3.63, 3.8) is 0 Å². The Labute approximate surface area is 93.7 Å². The maximum absolute atomic E-state index is 2.37. The Morgan fingerprint density at radius 2 is 1.73 bits per heavy atom. The molecule has 0 aliphatic heterocycles. The summed E-state index contributed by atoms with van der Waals surface area (Å²) in [6.45, 7) is 11.8. The molecule has 0 spiro atoms. The summed E-state index contributed by atoms with van der Waals surface area (Å²) in [7, 11) is 0. The third-order valence-corrected chi connectivity index (χ3v) is 3.83. The van der Waals surface area contributed by atoms with E-state index in [4.69, 9.17) is 0 Å². The highest BCUT2D eigenvalue weighted by Gasteiger charge is 2.41. The van der Waals surface area contributed by atoms with Gasteiger partial charge in [-0.1, -0.05) is 58.9 Å². The van der Waals surface area contributed by atoms with E-state index in [1.807, 2.05) is 0 Å². The van der Waals surface area contributed by atoms with E-state index in [-0.39, 0.29) is 0 Å².